The number of fused-ring (bicyclic) bond motifs is 15. The van der Waals surface area contributed by atoms with Gasteiger partial charge in [0.2, 0.25) is 0 Å². The lowest BCUT2D eigenvalue weighted by atomic mass is 10.0. The largest absolute Gasteiger partial charge is 0.327 e. The lowest BCUT2D eigenvalue weighted by molar-refractivity contribution is 0.961. The fraction of sp³-hybridized carbons (Fsp3) is 0.0732. The summed E-state index contributed by atoms with van der Waals surface area (Å²) in [6.45, 7) is 0. The molecule has 11 rings (SSSR count). The molecule has 0 bridgehead atoms. The molecular formula is C41H26N8. The summed E-state index contributed by atoms with van der Waals surface area (Å²) in [5.74, 6) is 1.86. The Balaban J connectivity index is 1.03. The van der Waals surface area contributed by atoms with E-state index in [9.17, 15) is 0 Å². The summed E-state index contributed by atoms with van der Waals surface area (Å²) >= 11 is 0. The standard InChI is InChI=1S/C41H26N8/c1-48-38-30-9-5-17-44-34(30)32-28(7-3-15-42-32)36(38)46-40(48)22-11-13-26-24(19-22)21-25-20-23(12-14-27(25)26)41-47-37-29-8-4-16-43-33(29)35-31(10-6-18-45-35)39(37)49(41)2/h3-20H,21H2,1-2H3. The average Bonchev–Trinajstić information content (AvgIpc) is 3.82. The third-order valence-electron chi connectivity index (χ3n) is 10.3. The van der Waals surface area contributed by atoms with Gasteiger partial charge in [0.05, 0.1) is 44.1 Å². The van der Waals surface area contributed by atoms with E-state index in [4.69, 9.17) is 29.9 Å². The van der Waals surface area contributed by atoms with Crippen molar-refractivity contribution in [2.45, 2.75) is 6.42 Å². The van der Waals surface area contributed by atoms with Crippen LogP contribution in [0.15, 0.2) is 110 Å². The summed E-state index contributed by atoms with van der Waals surface area (Å²) < 4.78 is 4.41. The van der Waals surface area contributed by atoms with Crippen LogP contribution in [0.4, 0.5) is 0 Å². The molecule has 0 radical (unpaired) electrons. The summed E-state index contributed by atoms with van der Waals surface area (Å²) in [7, 11) is 4.20. The number of pyridine rings is 4. The third kappa shape index (κ3) is 3.52. The molecule has 6 heterocycles. The van der Waals surface area contributed by atoms with Gasteiger partial charge in [-0.25, -0.2) is 9.97 Å². The highest BCUT2D eigenvalue weighted by molar-refractivity contribution is 6.22. The van der Waals surface area contributed by atoms with Gasteiger partial charge in [-0.05, 0) is 89.3 Å². The van der Waals surface area contributed by atoms with Gasteiger partial charge in [0.1, 0.15) is 11.6 Å². The van der Waals surface area contributed by atoms with Crippen molar-refractivity contribution in [3.05, 3.63) is 121 Å². The second-order valence-corrected chi connectivity index (χ2v) is 12.9. The first kappa shape index (κ1) is 26.5. The molecule has 230 valence electrons. The molecule has 8 nitrogen and oxygen atoms in total. The van der Waals surface area contributed by atoms with Crippen LogP contribution in [0.2, 0.25) is 0 Å². The third-order valence-corrected chi connectivity index (χ3v) is 10.3. The molecule has 0 fully saturated rings. The maximum atomic E-state index is 5.24. The topological polar surface area (TPSA) is 87.2 Å². The highest BCUT2D eigenvalue weighted by Gasteiger charge is 2.24. The van der Waals surface area contributed by atoms with Crippen molar-refractivity contribution in [2.24, 2.45) is 14.1 Å². The van der Waals surface area contributed by atoms with E-state index in [0.29, 0.717) is 0 Å². The van der Waals surface area contributed by atoms with Crippen molar-refractivity contribution in [2.75, 3.05) is 0 Å². The number of rotatable bonds is 2. The van der Waals surface area contributed by atoms with E-state index in [2.05, 4.69) is 83.9 Å². The highest BCUT2D eigenvalue weighted by Crippen LogP contribution is 2.42. The first-order valence-corrected chi connectivity index (χ1v) is 16.4. The number of hydrogen-bond acceptors (Lipinski definition) is 6. The minimum absolute atomic E-state index is 0.847. The molecule has 0 N–H and O–H groups in total. The molecule has 49 heavy (non-hydrogen) atoms. The first-order valence-electron chi connectivity index (χ1n) is 16.4. The Morgan fingerprint density at radius 1 is 0.449 bits per heavy atom. The van der Waals surface area contributed by atoms with Crippen LogP contribution in [0.25, 0.3) is 99.6 Å². The monoisotopic (exact) mass is 630 g/mol. The fourth-order valence-electron chi connectivity index (χ4n) is 8.13. The van der Waals surface area contributed by atoms with E-state index in [1.54, 1.807) is 0 Å². The number of aryl methyl sites for hydroxylation is 2. The normalized spacial score (nSPS) is 12.6. The number of benzene rings is 4. The van der Waals surface area contributed by atoms with Crippen LogP contribution in [0, 0.1) is 0 Å². The molecule has 8 heteroatoms. The van der Waals surface area contributed by atoms with Crippen molar-refractivity contribution < 1.29 is 0 Å². The molecule has 0 unspecified atom stereocenters. The molecule has 0 saturated carbocycles. The smallest absolute Gasteiger partial charge is 0.140 e. The summed E-state index contributed by atoms with van der Waals surface area (Å²) in [6, 6.07) is 29.9. The zero-order valence-electron chi connectivity index (χ0n) is 26.7. The van der Waals surface area contributed by atoms with Crippen molar-refractivity contribution in [1.29, 1.82) is 0 Å². The Labute approximate surface area is 279 Å². The van der Waals surface area contributed by atoms with Crippen LogP contribution in [0.3, 0.4) is 0 Å². The van der Waals surface area contributed by atoms with Crippen LogP contribution >= 0.6 is 0 Å². The Kier molecular flexibility index (Phi) is 5.15. The van der Waals surface area contributed by atoms with Crippen LogP contribution in [0.5, 0.6) is 0 Å². The van der Waals surface area contributed by atoms with Gasteiger partial charge >= 0.3 is 0 Å². The van der Waals surface area contributed by atoms with E-state index in [1.165, 1.54) is 22.3 Å². The Morgan fingerprint density at radius 2 is 0.837 bits per heavy atom. The van der Waals surface area contributed by atoms with Gasteiger partial charge in [-0.1, -0.05) is 24.3 Å². The fourth-order valence-corrected chi connectivity index (χ4v) is 8.13. The average molecular weight is 631 g/mol. The second-order valence-electron chi connectivity index (χ2n) is 12.9. The van der Waals surface area contributed by atoms with E-state index in [-0.39, 0.29) is 0 Å². The van der Waals surface area contributed by atoms with Crippen LogP contribution in [0.1, 0.15) is 11.1 Å². The maximum Gasteiger partial charge on any atom is 0.140 e. The van der Waals surface area contributed by atoms with Crippen molar-refractivity contribution >= 4 is 65.7 Å². The lowest BCUT2D eigenvalue weighted by Crippen LogP contribution is -1.95. The van der Waals surface area contributed by atoms with Gasteiger partial charge in [0.25, 0.3) is 0 Å². The van der Waals surface area contributed by atoms with Gasteiger partial charge in [-0.3, -0.25) is 19.9 Å². The van der Waals surface area contributed by atoms with Gasteiger partial charge in [0.15, 0.2) is 0 Å². The number of imidazole rings is 2. The van der Waals surface area contributed by atoms with Crippen LogP contribution in [-0.2, 0) is 20.5 Å². The molecule has 6 aromatic heterocycles. The molecule has 0 spiro atoms. The van der Waals surface area contributed by atoms with E-state index < -0.39 is 0 Å². The zero-order chi connectivity index (χ0) is 32.4. The maximum absolute atomic E-state index is 5.24. The van der Waals surface area contributed by atoms with Gasteiger partial charge < -0.3 is 9.13 Å². The molecule has 0 saturated heterocycles. The molecule has 10 aromatic rings. The van der Waals surface area contributed by atoms with E-state index >= 15 is 0 Å². The molecule has 1 aliphatic rings. The molecule has 1 aliphatic carbocycles. The summed E-state index contributed by atoms with van der Waals surface area (Å²) in [5, 5.41) is 4.15. The van der Waals surface area contributed by atoms with Crippen LogP contribution < -0.4 is 0 Å². The van der Waals surface area contributed by atoms with Crippen molar-refractivity contribution in [3.8, 4) is 33.9 Å². The minimum Gasteiger partial charge on any atom is -0.327 e. The summed E-state index contributed by atoms with van der Waals surface area (Å²) in [4.78, 5) is 29.3. The van der Waals surface area contributed by atoms with Gasteiger partial charge in [0, 0.05) is 71.6 Å². The molecule has 4 aromatic carbocycles. The molecule has 0 atom stereocenters. The Morgan fingerprint density at radius 3 is 1.27 bits per heavy atom. The quantitative estimate of drug-likeness (QED) is 0.178. The van der Waals surface area contributed by atoms with Crippen LogP contribution in [-0.4, -0.2) is 39.0 Å². The Bertz CT molecular complexity index is 2850. The first-order chi connectivity index (χ1) is 24.1. The molecular weight excluding hydrogens is 605 g/mol. The molecule has 0 aliphatic heterocycles. The number of nitrogens with zero attached hydrogens (tertiary/aromatic N) is 8. The number of aromatic nitrogens is 8. The lowest BCUT2D eigenvalue weighted by Gasteiger charge is -2.08. The van der Waals surface area contributed by atoms with Crippen molar-refractivity contribution in [3.63, 3.8) is 0 Å². The van der Waals surface area contributed by atoms with E-state index in [0.717, 1.165) is 94.9 Å². The number of hydrogen-bond donors (Lipinski definition) is 0. The predicted octanol–water partition coefficient (Wildman–Crippen LogP) is 8.56. The second kappa shape index (κ2) is 9.51. The predicted molar refractivity (Wildman–Crippen MR) is 195 cm³/mol. The van der Waals surface area contributed by atoms with Crippen molar-refractivity contribution in [1.82, 2.24) is 39.0 Å². The van der Waals surface area contributed by atoms with Gasteiger partial charge in [-0.2, -0.15) is 0 Å². The van der Waals surface area contributed by atoms with Gasteiger partial charge in [-0.15, -0.1) is 0 Å². The summed E-state index contributed by atoms with van der Waals surface area (Å²) in [5.41, 5.74) is 14.9. The zero-order valence-corrected chi connectivity index (χ0v) is 26.7. The SMILES string of the molecule is Cn1c(-c2ccc3c(c2)Cc2cc(-c4nc5c6cccnc6c6ncccc6c5n4C)ccc2-3)nc2c3cccnc3c3ncccc3c21. The molecule has 0 amide bonds. The highest BCUT2D eigenvalue weighted by atomic mass is 15.1. The van der Waals surface area contributed by atoms with E-state index in [1.807, 2.05) is 49.1 Å². The minimum atomic E-state index is 0.847. The summed E-state index contributed by atoms with van der Waals surface area (Å²) in [6.07, 6.45) is 8.16. The Hall–Kier alpha value is -6.54.